The predicted octanol–water partition coefficient (Wildman–Crippen LogP) is 4.85. The van der Waals surface area contributed by atoms with E-state index in [2.05, 4.69) is 5.32 Å². The van der Waals surface area contributed by atoms with Gasteiger partial charge in [0.05, 0.1) is 24.8 Å². The molecule has 0 fully saturated rings. The molecule has 3 aromatic carbocycles. The van der Waals surface area contributed by atoms with Crippen molar-refractivity contribution >= 4 is 27.5 Å². The number of hydrogen-bond acceptors (Lipinski definition) is 6. The minimum atomic E-state index is -4.21. The molecule has 0 saturated heterocycles. The number of methoxy groups -OCH3 is 2. The van der Waals surface area contributed by atoms with E-state index in [-0.39, 0.29) is 23.0 Å². The van der Waals surface area contributed by atoms with Gasteiger partial charge >= 0.3 is 0 Å². The van der Waals surface area contributed by atoms with Crippen LogP contribution >= 0.6 is 0 Å². The Hall–Kier alpha value is -4.05. The largest absolute Gasteiger partial charge is 0.497 e. The molecule has 2 amide bonds. The van der Waals surface area contributed by atoms with E-state index in [0.717, 1.165) is 33.8 Å². The van der Waals surface area contributed by atoms with Gasteiger partial charge in [-0.05, 0) is 74.7 Å². The Kier molecular flexibility index (Phi) is 11.4. The number of anilines is 1. The lowest BCUT2D eigenvalue weighted by atomic mass is 10.1. The van der Waals surface area contributed by atoms with Crippen molar-refractivity contribution in [2.75, 3.05) is 31.6 Å². The van der Waals surface area contributed by atoms with Crippen LogP contribution < -0.4 is 19.1 Å². The summed E-state index contributed by atoms with van der Waals surface area (Å²) in [6, 6.07) is 17.9. The lowest BCUT2D eigenvalue weighted by molar-refractivity contribution is -0.139. The summed E-state index contributed by atoms with van der Waals surface area (Å²) in [6.45, 7) is 7.37. The van der Waals surface area contributed by atoms with Gasteiger partial charge in [0.1, 0.15) is 24.1 Å². The Balaban J connectivity index is 2.08. The van der Waals surface area contributed by atoms with Crippen LogP contribution in [0.3, 0.4) is 0 Å². The van der Waals surface area contributed by atoms with Crippen LogP contribution in [-0.4, -0.2) is 58.5 Å². The molecule has 0 aliphatic heterocycles. The van der Waals surface area contributed by atoms with Crippen LogP contribution in [0, 0.1) is 13.8 Å². The molecular formula is C32H41N3O6S. The number of unbranched alkanes of at least 4 members (excludes halogenated alkanes) is 1. The number of benzene rings is 3. The third kappa shape index (κ3) is 8.03. The van der Waals surface area contributed by atoms with Gasteiger partial charge in [-0.15, -0.1) is 0 Å². The Morgan fingerprint density at radius 2 is 1.62 bits per heavy atom. The topological polar surface area (TPSA) is 105 Å². The summed E-state index contributed by atoms with van der Waals surface area (Å²) in [4.78, 5) is 28.7. The molecule has 0 spiro atoms. The molecule has 0 bridgehead atoms. The van der Waals surface area contributed by atoms with Crippen LogP contribution in [0.15, 0.2) is 71.6 Å². The van der Waals surface area contributed by atoms with Crippen molar-refractivity contribution < 1.29 is 27.5 Å². The second kappa shape index (κ2) is 14.7. The molecule has 3 rings (SSSR count). The number of hydrogen-bond donors (Lipinski definition) is 1. The molecule has 1 unspecified atom stereocenters. The maximum atomic E-state index is 14.1. The van der Waals surface area contributed by atoms with Crippen LogP contribution in [0.1, 0.15) is 43.4 Å². The molecule has 0 heterocycles. The van der Waals surface area contributed by atoms with Gasteiger partial charge in [-0.3, -0.25) is 13.9 Å². The number of aryl methyl sites for hydroxylation is 2. The molecule has 0 radical (unpaired) electrons. The summed E-state index contributed by atoms with van der Waals surface area (Å²) < 4.78 is 40.1. The number of rotatable bonds is 14. The molecule has 10 heteroatoms. The minimum absolute atomic E-state index is 0.0363. The van der Waals surface area contributed by atoms with Crippen molar-refractivity contribution in [3.63, 3.8) is 0 Å². The fourth-order valence-electron chi connectivity index (χ4n) is 4.43. The van der Waals surface area contributed by atoms with Crippen molar-refractivity contribution in [1.82, 2.24) is 10.2 Å². The molecule has 3 aromatic rings. The molecule has 42 heavy (non-hydrogen) atoms. The second-order valence-electron chi connectivity index (χ2n) is 10.2. The van der Waals surface area contributed by atoms with Crippen molar-refractivity contribution in [1.29, 1.82) is 0 Å². The van der Waals surface area contributed by atoms with Gasteiger partial charge in [-0.25, -0.2) is 8.42 Å². The maximum absolute atomic E-state index is 14.1. The van der Waals surface area contributed by atoms with Gasteiger partial charge < -0.3 is 19.7 Å². The van der Waals surface area contributed by atoms with Crippen molar-refractivity contribution in [3.8, 4) is 11.5 Å². The number of amides is 2. The molecular weight excluding hydrogens is 554 g/mol. The number of nitrogens with one attached hydrogen (secondary N) is 1. The first-order valence-corrected chi connectivity index (χ1v) is 15.4. The van der Waals surface area contributed by atoms with E-state index in [1.165, 1.54) is 24.1 Å². The summed E-state index contributed by atoms with van der Waals surface area (Å²) >= 11 is 0. The lowest BCUT2D eigenvalue weighted by Crippen LogP contribution is -2.51. The van der Waals surface area contributed by atoms with Crippen molar-refractivity contribution in [2.24, 2.45) is 0 Å². The van der Waals surface area contributed by atoms with E-state index in [9.17, 15) is 18.0 Å². The monoisotopic (exact) mass is 595 g/mol. The normalized spacial score (nSPS) is 11.9. The first-order valence-electron chi connectivity index (χ1n) is 14.0. The van der Waals surface area contributed by atoms with E-state index in [4.69, 9.17) is 9.47 Å². The Bertz CT molecular complexity index is 1470. The number of carbonyl (C=O) groups excluding carboxylic acids is 2. The highest BCUT2D eigenvalue weighted by atomic mass is 32.2. The number of nitrogens with zero attached hydrogens (tertiary/aromatic N) is 2. The molecule has 0 aliphatic carbocycles. The Morgan fingerprint density at radius 3 is 2.26 bits per heavy atom. The average Bonchev–Trinajstić information content (AvgIpc) is 2.98. The highest BCUT2D eigenvalue weighted by Crippen LogP contribution is 2.34. The zero-order valence-corrected chi connectivity index (χ0v) is 26.0. The van der Waals surface area contributed by atoms with Gasteiger partial charge in [0.2, 0.25) is 11.8 Å². The predicted molar refractivity (Wildman–Crippen MR) is 164 cm³/mol. The van der Waals surface area contributed by atoms with E-state index in [1.807, 2.05) is 26.8 Å². The zero-order chi connectivity index (χ0) is 30.9. The Labute approximate surface area is 249 Å². The first kappa shape index (κ1) is 32.5. The standard InChI is InChI=1S/C32H41N3O6S/c1-7-8-18-33-32(37)25(4)34(21-26-10-9-11-27(20-26)40-5)31(36)22-35(29-19-24(3)14-17-30(29)41-6)42(38,39)28-15-12-23(2)13-16-28/h9-17,19-20,25H,7-8,18,21-22H2,1-6H3,(H,33,37). The van der Waals surface area contributed by atoms with E-state index in [0.29, 0.717) is 18.0 Å². The highest BCUT2D eigenvalue weighted by molar-refractivity contribution is 7.92. The van der Waals surface area contributed by atoms with Crippen molar-refractivity contribution in [2.45, 2.75) is 58.0 Å². The molecule has 1 atom stereocenters. The van der Waals surface area contributed by atoms with Crippen LogP contribution in [0.25, 0.3) is 0 Å². The molecule has 0 saturated carbocycles. The summed E-state index contributed by atoms with van der Waals surface area (Å²) in [6.07, 6.45) is 1.71. The van der Waals surface area contributed by atoms with Crippen LogP contribution in [-0.2, 0) is 26.2 Å². The van der Waals surface area contributed by atoms with Crippen LogP contribution in [0.5, 0.6) is 11.5 Å². The third-order valence-electron chi connectivity index (χ3n) is 6.97. The third-order valence-corrected chi connectivity index (χ3v) is 8.75. The number of carbonyl (C=O) groups is 2. The quantitative estimate of drug-likeness (QED) is 0.267. The first-order chi connectivity index (χ1) is 20.0. The molecule has 9 nitrogen and oxygen atoms in total. The van der Waals surface area contributed by atoms with Gasteiger partial charge in [0.25, 0.3) is 10.0 Å². The number of ether oxygens (including phenoxy) is 2. The number of sulfonamides is 1. The van der Waals surface area contributed by atoms with Gasteiger partial charge in [0.15, 0.2) is 0 Å². The van der Waals surface area contributed by atoms with E-state index >= 15 is 0 Å². The van der Waals surface area contributed by atoms with Crippen molar-refractivity contribution in [3.05, 3.63) is 83.4 Å². The summed E-state index contributed by atoms with van der Waals surface area (Å²) in [5, 5.41) is 2.89. The summed E-state index contributed by atoms with van der Waals surface area (Å²) in [7, 11) is -1.21. The smallest absolute Gasteiger partial charge is 0.264 e. The highest BCUT2D eigenvalue weighted by Gasteiger charge is 2.34. The lowest BCUT2D eigenvalue weighted by Gasteiger charge is -2.32. The maximum Gasteiger partial charge on any atom is 0.264 e. The fraction of sp³-hybridized carbons (Fsp3) is 0.375. The fourth-order valence-corrected chi connectivity index (χ4v) is 5.85. The average molecular weight is 596 g/mol. The SMILES string of the molecule is CCCCNC(=O)C(C)N(Cc1cccc(OC)c1)C(=O)CN(c1cc(C)ccc1OC)S(=O)(=O)c1ccc(C)cc1. The molecule has 0 aliphatic rings. The van der Waals surface area contributed by atoms with Crippen LogP contribution in [0.2, 0.25) is 0 Å². The molecule has 0 aromatic heterocycles. The molecule has 1 N–H and O–H groups in total. The van der Waals surface area contributed by atoms with E-state index in [1.54, 1.807) is 62.6 Å². The Morgan fingerprint density at radius 1 is 0.929 bits per heavy atom. The summed E-state index contributed by atoms with van der Waals surface area (Å²) in [5.41, 5.74) is 2.65. The van der Waals surface area contributed by atoms with Gasteiger partial charge in [-0.2, -0.15) is 0 Å². The van der Waals surface area contributed by atoms with Gasteiger partial charge in [0, 0.05) is 13.1 Å². The van der Waals surface area contributed by atoms with Crippen LogP contribution in [0.4, 0.5) is 5.69 Å². The van der Waals surface area contributed by atoms with Gasteiger partial charge in [-0.1, -0.05) is 49.2 Å². The van der Waals surface area contributed by atoms with E-state index < -0.39 is 28.5 Å². The zero-order valence-electron chi connectivity index (χ0n) is 25.2. The molecule has 226 valence electrons. The second-order valence-corrected chi connectivity index (χ2v) is 12.1. The summed E-state index contributed by atoms with van der Waals surface area (Å²) in [5.74, 6) is 0.0396. The minimum Gasteiger partial charge on any atom is -0.497 e.